The van der Waals surface area contributed by atoms with Crippen LogP contribution in [0.1, 0.15) is 68.5 Å². The van der Waals surface area contributed by atoms with Crippen LogP contribution < -0.4 is 22.5 Å². The Morgan fingerprint density at radius 2 is 1.22 bits per heavy atom. The summed E-state index contributed by atoms with van der Waals surface area (Å²) < 4.78 is 78.0. The number of halogens is 4. The molecule has 0 aliphatic carbocycles. The molecule has 4 aliphatic rings. The third kappa shape index (κ3) is 7.67. The summed E-state index contributed by atoms with van der Waals surface area (Å²) in [5.74, 6) is -1.04. The van der Waals surface area contributed by atoms with Crippen molar-refractivity contribution in [2.45, 2.75) is 121 Å². The number of carbonyl (C=O) groups is 1. The lowest BCUT2D eigenvalue weighted by molar-refractivity contribution is -0.123. The Hall–Kier alpha value is -5.23. The van der Waals surface area contributed by atoms with E-state index in [1.54, 1.807) is 6.92 Å². The van der Waals surface area contributed by atoms with Crippen molar-refractivity contribution in [2.24, 2.45) is 0 Å². The molecule has 0 saturated carbocycles. The maximum Gasteiger partial charge on any atom is 0.333 e. The molecule has 4 aromatic rings. The van der Waals surface area contributed by atoms with E-state index in [1.807, 2.05) is 0 Å². The van der Waals surface area contributed by atoms with E-state index in [4.69, 9.17) is 22.1 Å². The van der Waals surface area contributed by atoms with Gasteiger partial charge in [0.25, 0.3) is 11.1 Å². The van der Waals surface area contributed by atoms with Gasteiger partial charge in [-0.3, -0.25) is 32.7 Å². The van der Waals surface area contributed by atoms with E-state index in [0.717, 1.165) is 9.13 Å². The summed E-state index contributed by atoms with van der Waals surface area (Å²) in [7, 11) is 5.00. The van der Waals surface area contributed by atoms with Gasteiger partial charge in [0.1, 0.15) is 54.9 Å². The predicted molar refractivity (Wildman–Crippen MR) is 202 cm³/mol. The van der Waals surface area contributed by atoms with E-state index in [-0.39, 0.29) is 77.0 Å². The van der Waals surface area contributed by atoms with Gasteiger partial charge in [-0.15, -0.1) is 10.2 Å². The van der Waals surface area contributed by atoms with Gasteiger partial charge in [-0.05, 0) is 39.5 Å². The molecule has 4 saturated heterocycles. The molecule has 1 N–H and O–H groups in total. The van der Waals surface area contributed by atoms with Gasteiger partial charge in [-0.25, -0.2) is 36.5 Å². The summed E-state index contributed by atoms with van der Waals surface area (Å²) >= 11 is 0. The normalized spacial score (nSPS) is 27.4. The zero-order valence-electron chi connectivity index (χ0n) is 32.1. The summed E-state index contributed by atoms with van der Waals surface area (Å²) in [5.41, 5.74) is -6.46. The molecule has 2 radical (unpaired) electrons. The maximum atomic E-state index is 14.9. The van der Waals surface area contributed by atoms with E-state index in [0.29, 0.717) is 24.2 Å². The van der Waals surface area contributed by atoms with Gasteiger partial charge in [0.2, 0.25) is 13.7 Å². The number of aromatic nitrogens is 10. The molecule has 0 amide bonds. The lowest BCUT2D eigenvalue weighted by Gasteiger charge is -2.28. The Balaban J connectivity index is 0.000000199. The van der Waals surface area contributed by atoms with E-state index < -0.39 is 83.3 Å². The molecule has 324 valence electrons. The van der Waals surface area contributed by atoms with Crippen molar-refractivity contribution < 1.29 is 41.7 Å². The van der Waals surface area contributed by atoms with E-state index in [9.17, 15) is 46.6 Å². The lowest BCUT2D eigenvalue weighted by atomic mass is 9.84. The smallest absolute Gasteiger partial charge is 0.333 e. The maximum absolute atomic E-state index is 14.9. The monoisotopic (exact) mass is 846 g/mol. The molecular weight excluding hydrogens is 801 g/mol. The number of aryl methyl sites for hydroxylation is 4. The molecule has 8 rings (SSSR count). The molecule has 19 nitrogen and oxygen atoms in total. The second-order valence-corrected chi connectivity index (χ2v) is 15.4. The Morgan fingerprint density at radius 1 is 0.783 bits per heavy atom. The number of hydrogen-bond acceptors (Lipinski definition) is 13. The van der Waals surface area contributed by atoms with Crippen molar-refractivity contribution in [3.05, 3.63) is 89.0 Å². The van der Waals surface area contributed by atoms with Gasteiger partial charge < -0.3 is 19.3 Å². The van der Waals surface area contributed by atoms with Crippen molar-refractivity contribution in [2.75, 3.05) is 26.6 Å². The van der Waals surface area contributed by atoms with Gasteiger partial charge in [-0.1, -0.05) is 17.9 Å². The Labute approximate surface area is 339 Å². The van der Waals surface area contributed by atoms with Gasteiger partial charge in [-0.2, -0.15) is 0 Å². The fourth-order valence-corrected chi connectivity index (χ4v) is 8.44. The number of aliphatic hydroxyl groups is 1. The van der Waals surface area contributed by atoms with Gasteiger partial charge in [0, 0.05) is 36.4 Å². The molecule has 6 unspecified atom stereocenters. The molecule has 24 heteroatoms. The van der Waals surface area contributed by atoms with Crippen LogP contribution in [0.25, 0.3) is 0 Å². The average Bonchev–Trinajstić information content (AvgIpc) is 4.06. The quantitative estimate of drug-likeness (QED) is 0.145. The number of nitrogens with zero attached hydrogens (tertiary/aromatic N) is 10. The summed E-state index contributed by atoms with van der Waals surface area (Å²) in [6.07, 6.45) is 3.68. The minimum atomic E-state index is -1.49. The van der Waals surface area contributed by atoms with Gasteiger partial charge >= 0.3 is 11.4 Å². The van der Waals surface area contributed by atoms with Gasteiger partial charge in [0.15, 0.2) is 11.4 Å². The van der Waals surface area contributed by atoms with Crippen molar-refractivity contribution >= 4 is 13.7 Å². The fourth-order valence-electron chi connectivity index (χ4n) is 8.44. The Kier molecular flexibility index (Phi) is 12.3. The fraction of sp³-hybridized carbons (Fsp3) is 0.639. The van der Waals surface area contributed by atoms with Crippen LogP contribution in [0.4, 0.5) is 22.4 Å². The first-order valence-corrected chi connectivity index (χ1v) is 18.8. The molecule has 4 fully saturated rings. The highest BCUT2D eigenvalue weighted by molar-refractivity contribution is 6.55. The number of ether oxygens (including phenoxy) is 3. The number of carbonyl (C=O) groups excluding carboxylic acids is 1. The van der Waals surface area contributed by atoms with Crippen LogP contribution in [0, 0.1) is 13.8 Å². The molecule has 4 aliphatic heterocycles. The third-order valence-corrected chi connectivity index (χ3v) is 11.5. The Morgan fingerprint density at radius 3 is 1.60 bits per heavy atom. The molecule has 0 spiro atoms. The van der Waals surface area contributed by atoms with Crippen molar-refractivity contribution in [3.8, 4) is 0 Å². The molecule has 4 aromatic heterocycles. The second-order valence-electron chi connectivity index (χ2n) is 15.4. The molecule has 8 heterocycles. The zero-order valence-corrected chi connectivity index (χ0v) is 32.1. The number of fused-ring (bicyclic) bond motifs is 4. The summed E-state index contributed by atoms with van der Waals surface area (Å²) in [5, 5.41) is 24.8. The highest BCUT2D eigenvalue weighted by atomic mass is 19.1. The number of rotatable bonds is 13. The third-order valence-electron chi connectivity index (χ3n) is 11.5. The van der Waals surface area contributed by atoms with Crippen LogP contribution in [0.3, 0.4) is 0 Å². The van der Waals surface area contributed by atoms with Crippen LogP contribution in [-0.2, 0) is 51.8 Å². The first-order chi connectivity index (χ1) is 28.0. The minimum Gasteiger partial charge on any atom is -0.471 e. The molecule has 6 atom stereocenters. The first kappa shape index (κ1) is 44.3. The largest absolute Gasteiger partial charge is 0.471 e. The summed E-state index contributed by atoms with van der Waals surface area (Å²) in [4.78, 5) is 62.5. The van der Waals surface area contributed by atoms with Crippen LogP contribution in [0.2, 0.25) is 0 Å². The van der Waals surface area contributed by atoms with Gasteiger partial charge in [0.05, 0.1) is 45.2 Å². The lowest BCUT2D eigenvalue weighted by Crippen LogP contribution is -2.48. The van der Waals surface area contributed by atoms with E-state index >= 15 is 0 Å². The van der Waals surface area contributed by atoms with Crippen molar-refractivity contribution in [1.82, 2.24) is 48.3 Å². The SMILES string of the molecule is C.Cc1cn(C23CCC(CO)(O2)C(F)C3)c(=O)n(Cc2cn(CC[18F])nn2)c1=O.[B]C(=O)OCC12CCC(n3cc(C)c(=O)n(Cc4cn(CC[18F])nn4)c3=O)(CC1F)O2. The molecular formula is C36H45BF4N10O9. The van der Waals surface area contributed by atoms with Crippen LogP contribution in [0.5, 0.6) is 0 Å². The van der Waals surface area contributed by atoms with E-state index in [1.165, 1.54) is 50.2 Å². The minimum absolute atomic E-state index is 0. The highest BCUT2D eigenvalue weighted by Gasteiger charge is 2.65. The van der Waals surface area contributed by atoms with Crippen LogP contribution >= 0.6 is 0 Å². The van der Waals surface area contributed by atoms with E-state index in [2.05, 4.69) is 20.6 Å². The second kappa shape index (κ2) is 16.7. The molecule has 4 bridgehead atoms. The topological polar surface area (TPSA) is 214 Å². The van der Waals surface area contributed by atoms with Crippen LogP contribution in [-0.4, -0.2) is 117 Å². The molecule has 60 heavy (non-hydrogen) atoms. The number of alkyl halides is 4. The predicted octanol–water partition coefficient (Wildman–Crippen LogP) is 0.677. The zero-order chi connectivity index (χ0) is 42.5. The highest BCUT2D eigenvalue weighted by Crippen LogP contribution is 2.55. The Bertz CT molecular complexity index is 2490. The molecule has 0 aromatic carbocycles. The van der Waals surface area contributed by atoms with Crippen molar-refractivity contribution in [1.29, 1.82) is 0 Å². The summed E-state index contributed by atoms with van der Waals surface area (Å²) in [6, 6.07) is 0. The van der Waals surface area contributed by atoms with Crippen LogP contribution in [0.15, 0.2) is 44.0 Å². The standard InChI is InChI=1S/C18H20BF2N5O5.C17H21F2N5O4.CH4/c1-11-7-26(18-3-2-17(31-18,13(21)6-18)10-30-15(19)28)16(29)25(14(11)27)9-12-8-24(5-4-20)23-22-12;1-11-7-24(17-3-2-16(10-25,28-17)13(19)6-17)15(27)23(14(11)26)9-12-8-22(5-4-18)21-20-12;/h7-8,13H,2-6,9-10H2,1H3;7-8,13,25H,2-6,9-10H2,1H3;1H4/i20-1;18-1;. The number of aliphatic hydroxyl groups excluding tert-OH is 1. The first-order valence-electron chi connectivity index (χ1n) is 18.8. The van der Waals surface area contributed by atoms with Crippen molar-refractivity contribution in [3.63, 3.8) is 0 Å². The average molecular weight is 847 g/mol. The summed E-state index contributed by atoms with van der Waals surface area (Å²) in [6.45, 7) is 0.706. The number of hydrogen-bond donors (Lipinski definition) is 1.